The van der Waals surface area contributed by atoms with Gasteiger partial charge < -0.3 is 15.7 Å². The maximum atomic E-state index is 10.7. The fraction of sp³-hybridized carbons (Fsp3) is 0.364. The van der Waals surface area contributed by atoms with Crippen LogP contribution in [-0.2, 0) is 11.2 Å². The van der Waals surface area contributed by atoms with Crippen LogP contribution in [-0.4, -0.2) is 24.7 Å². The van der Waals surface area contributed by atoms with E-state index in [0.29, 0.717) is 5.56 Å². The molecule has 4 nitrogen and oxygen atoms in total. The van der Waals surface area contributed by atoms with Gasteiger partial charge >= 0.3 is 5.97 Å². The first-order valence-corrected chi connectivity index (χ1v) is 4.92. The Morgan fingerprint density at radius 1 is 1.60 bits per heavy atom. The normalized spacial score (nSPS) is 16.3. The molecule has 15 heavy (non-hydrogen) atoms. The molecule has 1 aliphatic heterocycles. The average Bonchev–Trinajstić information content (AvgIpc) is 2.59. The van der Waals surface area contributed by atoms with Gasteiger partial charge in [0.25, 0.3) is 0 Å². The Hall–Kier alpha value is -1.55. The van der Waals surface area contributed by atoms with E-state index in [9.17, 15) is 4.79 Å². The lowest BCUT2D eigenvalue weighted by Gasteiger charge is -2.13. The molecule has 0 saturated carbocycles. The van der Waals surface area contributed by atoms with Crippen molar-refractivity contribution in [2.24, 2.45) is 5.73 Å². The van der Waals surface area contributed by atoms with E-state index in [1.165, 1.54) is 11.3 Å². The second-order valence-corrected chi connectivity index (χ2v) is 3.88. The van der Waals surface area contributed by atoms with E-state index >= 15 is 0 Å². The number of anilines is 1. The highest BCUT2D eigenvalue weighted by atomic mass is 16.4. The number of likely N-dealkylation sites (N-methyl/N-ethyl adjacent to an activating group) is 1. The molecule has 0 amide bonds. The van der Waals surface area contributed by atoms with Crippen LogP contribution < -0.4 is 10.6 Å². The maximum Gasteiger partial charge on any atom is 0.325 e. The third kappa shape index (κ3) is 1.68. The maximum absolute atomic E-state index is 10.7. The van der Waals surface area contributed by atoms with Gasteiger partial charge in [-0.1, -0.05) is 12.1 Å². The summed E-state index contributed by atoms with van der Waals surface area (Å²) in [5, 5.41) is 8.80. The number of benzene rings is 1. The summed E-state index contributed by atoms with van der Waals surface area (Å²) in [5.41, 5.74) is 8.59. The Morgan fingerprint density at radius 2 is 2.33 bits per heavy atom. The minimum Gasteiger partial charge on any atom is -0.480 e. The summed E-state index contributed by atoms with van der Waals surface area (Å²) in [6, 6.07) is 4.72. The summed E-state index contributed by atoms with van der Waals surface area (Å²) < 4.78 is 0. The van der Waals surface area contributed by atoms with Gasteiger partial charge in [0, 0.05) is 19.3 Å². The zero-order chi connectivity index (χ0) is 11.0. The molecule has 4 heteroatoms. The van der Waals surface area contributed by atoms with Crippen molar-refractivity contribution in [2.45, 2.75) is 12.5 Å². The van der Waals surface area contributed by atoms with Gasteiger partial charge in [0.1, 0.15) is 6.04 Å². The van der Waals surface area contributed by atoms with Crippen molar-refractivity contribution in [3.63, 3.8) is 0 Å². The van der Waals surface area contributed by atoms with Gasteiger partial charge in [0.15, 0.2) is 0 Å². The Balaban J connectivity index is 2.34. The number of rotatable bonds is 2. The monoisotopic (exact) mass is 206 g/mol. The number of hydrogen-bond donors (Lipinski definition) is 2. The Morgan fingerprint density at radius 3 is 3.00 bits per heavy atom. The van der Waals surface area contributed by atoms with Crippen LogP contribution >= 0.6 is 0 Å². The Kier molecular flexibility index (Phi) is 2.36. The van der Waals surface area contributed by atoms with E-state index in [1.807, 2.05) is 19.2 Å². The molecule has 1 aromatic carbocycles. The molecule has 3 N–H and O–H groups in total. The lowest BCUT2D eigenvalue weighted by atomic mass is 10.0. The van der Waals surface area contributed by atoms with Gasteiger partial charge in [-0.15, -0.1) is 0 Å². The van der Waals surface area contributed by atoms with Crippen LogP contribution in [0.3, 0.4) is 0 Å². The molecule has 80 valence electrons. The third-order valence-corrected chi connectivity index (χ3v) is 2.86. The van der Waals surface area contributed by atoms with E-state index in [1.54, 1.807) is 6.07 Å². The summed E-state index contributed by atoms with van der Waals surface area (Å²) >= 11 is 0. The van der Waals surface area contributed by atoms with Crippen LogP contribution in [0.4, 0.5) is 5.69 Å². The fourth-order valence-electron chi connectivity index (χ4n) is 1.92. The van der Waals surface area contributed by atoms with Crippen molar-refractivity contribution in [3.8, 4) is 0 Å². The molecule has 1 heterocycles. The molecule has 0 fully saturated rings. The summed E-state index contributed by atoms with van der Waals surface area (Å²) in [4.78, 5) is 12.9. The second-order valence-electron chi connectivity index (χ2n) is 3.88. The van der Waals surface area contributed by atoms with Crippen LogP contribution in [0.2, 0.25) is 0 Å². The highest BCUT2D eigenvalue weighted by Crippen LogP contribution is 2.28. The number of carbonyl (C=O) groups is 1. The molecule has 1 unspecified atom stereocenters. The van der Waals surface area contributed by atoms with Gasteiger partial charge in [0.05, 0.1) is 0 Å². The predicted octanol–water partition coefficient (Wildman–Crippen LogP) is 0.763. The second kappa shape index (κ2) is 3.55. The number of nitrogens with two attached hydrogens (primary N) is 1. The summed E-state index contributed by atoms with van der Waals surface area (Å²) in [5.74, 6) is -0.985. The molecule has 0 radical (unpaired) electrons. The summed E-state index contributed by atoms with van der Waals surface area (Å²) in [7, 11) is 2.03. The number of nitrogens with zero attached hydrogens (tertiary/aromatic N) is 1. The van der Waals surface area contributed by atoms with Crippen LogP contribution in [0, 0.1) is 0 Å². The largest absolute Gasteiger partial charge is 0.480 e. The van der Waals surface area contributed by atoms with Gasteiger partial charge in [-0.05, 0) is 23.6 Å². The third-order valence-electron chi connectivity index (χ3n) is 2.86. The molecular formula is C11H14N2O2. The summed E-state index contributed by atoms with van der Waals surface area (Å²) in [6.45, 7) is 0.987. The molecule has 1 aliphatic rings. The minimum atomic E-state index is -0.985. The first-order valence-electron chi connectivity index (χ1n) is 4.92. The SMILES string of the molecule is CN1CCc2cc(C(N)C(=O)O)ccc21. The van der Waals surface area contributed by atoms with Crippen LogP contribution in [0.5, 0.6) is 0 Å². The van der Waals surface area contributed by atoms with Crippen molar-refractivity contribution < 1.29 is 9.90 Å². The van der Waals surface area contributed by atoms with Gasteiger partial charge in [-0.25, -0.2) is 0 Å². The first kappa shape index (κ1) is 9.98. The van der Waals surface area contributed by atoms with Gasteiger partial charge in [-0.2, -0.15) is 0 Å². The van der Waals surface area contributed by atoms with E-state index in [2.05, 4.69) is 4.90 Å². The van der Waals surface area contributed by atoms with Crippen molar-refractivity contribution in [3.05, 3.63) is 29.3 Å². The van der Waals surface area contributed by atoms with Crippen molar-refractivity contribution in [1.29, 1.82) is 0 Å². The highest BCUT2D eigenvalue weighted by Gasteiger charge is 2.19. The smallest absolute Gasteiger partial charge is 0.325 e. The average molecular weight is 206 g/mol. The molecule has 0 bridgehead atoms. The van der Waals surface area contributed by atoms with Crippen LogP contribution in [0.15, 0.2) is 18.2 Å². The molecule has 0 aliphatic carbocycles. The topological polar surface area (TPSA) is 66.6 Å². The van der Waals surface area contributed by atoms with E-state index in [0.717, 1.165) is 13.0 Å². The van der Waals surface area contributed by atoms with E-state index in [-0.39, 0.29) is 0 Å². The lowest BCUT2D eigenvalue weighted by molar-refractivity contribution is -0.138. The molecule has 0 saturated heterocycles. The number of hydrogen-bond acceptors (Lipinski definition) is 3. The standard InChI is InChI=1S/C11H14N2O2/c1-13-5-4-7-6-8(2-3-9(7)13)10(12)11(14)15/h2-3,6,10H,4-5,12H2,1H3,(H,14,15). The van der Waals surface area contributed by atoms with Gasteiger partial charge in [-0.3, -0.25) is 4.79 Å². The fourth-order valence-corrected chi connectivity index (χ4v) is 1.92. The number of carboxylic acids is 1. The molecule has 0 aromatic heterocycles. The first-order chi connectivity index (χ1) is 7.09. The molecule has 1 aromatic rings. The van der Waals surface area contributed by atoms with Crippen LogP contribution in [0.1, 0.15) is 17.2 Å². The number of carboxylic acid groups (broad SMARTS) is 1. The molecule has 0 spiro atoms. The lowest BCUT2D eigenvalue weighted by Crippen LogP contribution is -2.20. The summed E-state index contributed by atoms with van der Waals surface area (Å²) in [6.07, 6.45) is 0.964. The zero-order valence-corrected chi connectivity index (χ0v) is 8.60. The van der Waals surface area contributed by atoms with Crippen molar-refractivity contribution in [1.82, 2.24) is 0 Å². The zero-order valence-electron chi connectivity index (χ0n) is 8.60. The van der Waals surface area contributed by atoms with Gasteiger partial charge in [0.2, 0.25) is 0 Å². The van der Waals surface area contributed by atoms with Crippen LogP contribution in [0.25, 0.3) is 0 Å². The molecule has 2 rings (SSSR count). The highest BCUT2D eigenvalue weighted by molar-refractivity contribution is 5.76. The van der Waals surface area contributed by atoms with Crippen molar-refractivity contribution >= 4 is 11.7 Å². The van der Waals surface area contributed by atoms with E-state index in [4.69, 9.17) is 10.8 Å². The Labute approximate surface area is 88.3 Å². The molecule has 1 atom stereocenters. The molecular weight excluding hydrogens is 192 g/mol. The number of fused-ring (bicyclic) bond motifs is 1. The quantitative estimate of drug-likeness (QED) is 0.749. The van der Waals surface area contributed by atoms with Crippen molar-refractivity contribution in [2.75, 3.05) is 18.5 Å². The van der Waals surface area contributed by atoms with E-state index < -0.39 is 12.0 Å². The minimum absolute atomic E-state index is 0.677. The predicted molar refractivity (Wildman–Crippen MR) is 58.0 cm³/mol. The number of aliphatic carboxylic acids is 1. The Bertz CT molecular complexity index is 404.